The van der Waals surface area contributed by atoms with E-state index in [1.165, 1.54) is 48.5 Å². The lowest BCUT2D eigenvalue weighted by Crippen LogP contribution is -2.49. The van der Waals surface area contributed by atoms with Crippen molar-refractivity contribution >= 4 is 99.9 Å². The molecule has 1 saturated heterocycles. The summed E-state index contributed by atoms with van der Waals surface area (Å²) < 4.78 is 67.3. The number of phenols is 1. The number of phenolic OH excluding ortho intramolecular Hbond substituents is 1. The third-order valence-electron chi connectivity index (χ3n) is 12.3. The molecule has 2 aromatic heterocycles. The van der Waals surface area contributed by atoms with Gasteiger partial charge in [-0.05, 0) is 118 Å². The summed E-state index contributed by atoms with van der Waals surface area (Å²) in [4.78, 5) is 54.1. The van der Waals surface area contributed by atoms with Gasteiger partial charge in [-0.25, -0.2) is 14.8 Å². The van der Waals surface area contributed by atoms with E-state index >= 15 is 0 Å². The average Bonchev–Trinajstić information content (AvgIpc) is 4.33. The minimum absolute atomic E-state index is 0.00397. The Kier molecular flexibility index (Phi) is 13.2. The number of benzene rings is 6. The zero-order chi connectivity index (χ0) is 50.9. The van der Waals surface area contributed by atoms with Gasteiger partial charge < -0.3 is 43.3 Å². The van der Waals surface area contributed by atoms with Gasteiger partial charge in [0.1, 0.15) is 27.0 Å². The van der Waals surface area contributed by atoms with Gasteiger partial charge >= 0.3 is 26.3 Å². The summed E-state index contributed by atoms with van der Waals surface area (Å²) in [6, 6.07) is 32.8. The van der Waals surface area contributed by atoms with E-state index in [0.29, 0.717) is 77.8 Å². The van der Waals surface area contributed by atoms with Crippen molar-refractivity contribution in [3.8, 4) is 17.2 Å². The quantitative estimate of drug-likeness (QED) is 0.0560. The number of hydrogen-bond donors (Lipinski definition) is 6. The highest BCUT2D eigenvalue weighted by Gasteiger charge is 2.31. The molecule has 0 spiro atoms. The largest absolute Gasteiger partial charge is 0.507 e. The first-order chi connectivity index (χ1) is 35.2. The van der Waals surface area contributed by atoms with Crippen LogP contribution in [0.25, 0.3) is 32.8 Å². The first-order valence-electron chi connectivity index (χ1n) is 23.5. The SMILES string of the molecule is CCOC(=O)N1CCN(c2ccc(S(=O)(=O)Oc3ccc4nc(NC(=O)C5CC5)[nH]c4c3)cc2)CC1.O=C(Nc1nc2ccc(OS(=O)(=O)c3ccc(Nc4cccc5c(O)cccc45)cc3)cc2[nH]1)C1CC1. The molecule has 1 aliphatic heterocycles. The molecule has 0 radical (unpaired) electrons. The van der Waals surface area contributed by atoms with Crippen LogP contribution < -0.4 is 29.2 Å². The summed E-state index contributed by atoms with van der Waals surface area (Å²) in [5.74, 6) is 1.01. The lowest BCUT2D eigenvalue weighted by atomic mass is 10.1. The maximum Gasteiger partial charge on any atom is 0.409 e. The smallest absolute Gasteiger partial charge is 0.409 e. The zero-order valence-electron chi connectivity index (χ0n) is 39.2. The Bertz CT molecular complexity index is 3610. The molecule has 11 rings (SSSR count). The number of aromatic amines is 2. The van der Waals surface area contributed by atoms with Gasteiger partial charge in [0, 0.05) is 78.0 Å². The van der Waals surface area contributed by atoms with Crippen LogP contribution in [0.5, 0.6) is 17.2 Å². The van der Waals surface area contributed by atoms with Crippen LogP contribution in [0.3, 0.4) is 0 Å². The number of rotatable bonds is 14. The summed E-state index contributed by atoms with van der Waals surface area (Å²) in [5, 5.41) is 20.4. The number of aromatic hydroxyl groups is 1. The third-order valence-corrected chi connectivity index (χ3v) is 14.8. The van der Waals surface area contributed by atoms with Crippen LogP contribution in [-0.2, 0) is 34.6 Å². The van der Waals surface area contributed by atoms with E-state index in [2.05, 4.69) is 40.8 Å². The van der Waals surface area contributed by atoms with E-state index in [0.717, 1.165) is 42.4 Å². The minimum Gasteiger partial charge on any atom is -0.507 e. The average molecular weight is 1030 g/mol. The van der Waals surface area contributed by atoms with Crippen LogP contribution in [0, 0.1) is 11.8 Å². The molecule has 20 nitrogen and oxygen atoms in total. The molecule has 6 N–H and O–H groups in total. The van der Waals surface area contributed by atoms with Crippen LogP contribution in [0.2, 0.25) is 0 Å². The van der Waals surface area contributed by atoms with Gasteiger partial charge in [-0.3, -0.25) is 20.2 Å². The zero-order valence-corrected chi connectivity index (χ0v) is 40.8. The van der Waals surface area contributed by atoms with E-state index in [1.807, 2.05) is 24.3 Å². The number of hydrogen-bond acceptors (Lipinski definition) is 15. The van der Waals surface area contributed by atoms with Crippen molar-refractivity contribution in [1.82, 2.24) is 24.8 Å². The topological polar surface area (TPSA) is 267 Å². The molecule has 3 fully saturated rings. The van der Waals surface area contributed by atoms with Crippen molar-refractivity contribution in [3.05, 3.63) is 121 Å². The number of piperazine rings is 1. The predicted molar refractivity (Wildman–Crippen MR) is 273 cm³/mol. The summed E-state index contributed by atoms with van der Waals surface area (Å²) in [7, 11) is -8.15. The molecule has 73 heavy (non-hydrogen) atoms. The van der Waals surface area contributed by atoms with Gasteiger partial charge in [0.2, 0.25) is 23.7 Å². The molecular formula is C51H49N9O11S2. The molecule has 0 bridgehead atoms. The molecule has 22 heteroatoms. The number of H-pyrrole nitrogens is 2. The molecule has 6 aromatic carbocycles. The van der Waals surface area contributed by atoms with Crippen LogP contribution >= 0.6 is 0 Å². The number of aromatic nitrogens is 4. The molecule has 2 saturated carbocycles. The Morgan fingerprint density at radius 3 is 1.67 bits per heavy atom. The highest BCUT2D eigenvalue weighted by Crippen LogP contribution is 2.34. The van der Waals surface area contributed by atoms with Crippen LogP contribution in [0.1, 0.15) is 32.6 Å². The van der Waals surface area contributed by atoms with Crippen molar-refractivity contribution in [2.24, 2.45) is 11.8 Å². The fourth-order valence-corrected chi connectivity index (χ4v) is 9.97. The Balaban J connectivity index is 0.000000168. The minimum atomic E-state index is -4.09. The van der Waals surface area contributed by atoms with E-state index in [-0.39, 0.29) is 56.8 Å². The fourth-order valence-electron chi connectivity index (χ4n) is 8.13. The van der Waals surface area contributed by atoms with Gasteiger partial charge in [-0.1, -0.05) is 24.3 Å². The normalized spacial score (nSPS) is 14.8. The van der Waals surface area contributed by atoms with Crippen molar-refractivity contribution in [2.75, 3.05) is 53.6 Å². The number of ether oxygens (including phenoxy) is 1. The van der Waals surface area contributed by atoms with Crippen LogP contribution in [0.4, 0.5) is 33.8 Å². The number of amides is 3. The third kappa shape index (κ3) is 11.2. The monoisotopic (exact) mass is 1030 g/mol. The van der Waals surface area contributed by atoms with E-state index in [4.69, 9.17) is 13.1 Å². The standard InChI is InChI=1S/C27H22N4O5S.C24H27N5O6S/c32-25-6-2-3-20-21(25)4-1-5-22(20)28-17-9-12-19(13-10-17)37(34,35)36-18-11-14-23-24(15-18)30-27(29-23)31-26(33)16-7-8-16;1-2-34-24(31)29-13-11-28(12-14-29)17-5-8-19(9-6-17)36(32,33)35-18-7-10-20-21(15-18)26-23(25-20)27-22(30)16-3-4-16/h1-6,9-16,28,32H,7-8H2,(H2,29,30,31,33);5-10,15-16H,2-4,11-14H2,1H3,(H2,25,26,27,30). The number of anilines is 5. The molecule has 3 aliphatic rings. The lowest BCUT2D eigenvalue weighted by Gasteiger charge is -2.35. The lowest BCUT2D eigenvalue weighted by molar-refractivity contribution is -0.118. The Hall–Kier alpha value is -8.37. The Morgan fingerprint density at radius 2 is 1.15 bits per heavy atom. The Morgan fingerprint density at radius 1 is 0.644 bits per heavy atom. The number of fused-ring (bicyclic) bond motifs is 3. The number of nitrogens with one attached hydrogen (secondary N) is 5. The van der Waals surface area contributed by atoms with Crippen molar-refractivity contribution in [1.29, 1.82) is 0 Å². The molecule has 3 heterocycles. The fraction of sp³-hybridized carbons (Fsp3) is 0.235. The second-order valence-corrected chi connectivity index (χ2v) is 20.7. The first-order valence-corrected chi connectivity index (χ1v) is 26.3. The van der Waals surface area contributed by atoms with Crippen molar-refractivity contribution in [3.63, 3.8) is 0 Å². The van der Waals surface area contributed by atoms with E-state index < -0.39 is 20.2 Å². The summed E-state index contributed by atoms with van der Waals surface area (Å²) >= 11 is 0. The molecule has 376 valence electrons. The molecule has 0 atom stereocenters. The molecule has 3 amide bonds. The number of carbonyl (C=O) groups is 3. The first kappa shape index (κ1) is 48.3. The van der Waals surface area contributed by atoms with Gasteiger partial charge in [0.15, 0.2) is 0 Å². The summed E-state index contributed by atoms with van der Waals surface area (Å²) in [5.41, 5.74) is 4.56. The van der Waals surface area contributed by atoms with Gasteiger partial charge in [0.25, 0.3) is 0 Å². The maximum atomic E-state index is 12.9. The predicted octanol–water partition coefficient (Wildman–Crippen LogP) is 8.24. The summed E-state index contributed by atoms with van der Waals surface area (Å²) in [6.45, 7) is 4.42. The molecule has 8 aromatic rings. The second-order valence-electron chi connectivity index (χ2n) is 17.6. The molecular weight excluding hydrogens is 979 g/mol. The van der Waals surface area contributed by atoms with Crippen LogP contribution in [-0.4, -0.2) is 97.5 Å². The van der Waals surface area contributed by atoms with E-state index in [9.17, 15) is 36.3 Å². The van der Waals surface area contributed by atoms with Crippen molar-refractivity contribution < 1.29 is 49.4 Å². The van der Waals surface area contributed by atoms with Crippen LogP contribution in [0.15, 0.2) is 131 Å². The molecule has 2 aliphatic carbocycles. The second kappa shape index (κ2) is 20.0. The highest BCUT2D eigenvalue weighted by molar-refractivity contribution is 7.87. The summed E-state index contributed by atoms with van der Waals surface area (Å²) in [6.07, 6.45) is 3.21. The highest BCUT2D eigenvalue weighted by atomic mass is 32.2. The van der Waals surface area contributed by atoms with Gasteiger partial charge in [-0.15, -0.1) is 0 Å². The van der Waals surface area contributed by atoms with E-state index in [1.54, 1.807) is 60.4 Å². The number of nitrogens with zero attached hydrogens (tertiary/aromatic N) is 4. The Labute approximate surface area is 418 Å². The molecule has 0 unspecified atom stereocenters. The van der Waals surface area contributed by atoms with Crippen molar-refractivity contribution in [2.45, 2.75) is 42.4 Å². The number of carbonyl (C=O) groups excluding carboxylic acids is 3. The number of imidazole rings is 2. The van der Waals surface area contributed by atoms with Gasteiger partial charge in [-0.2, -0.15) is 16.8 Å². The van der Waals surface area contributed by atoms with Gasteiger partial charge in [0.05, 0.1) is 28.7 Å². The maximum absolute atomic E-state index is 12.9.